The van der Waals surface area contributed by atoms with Crippen molar-refractivity contribution in [1.82, 2.24) is 4.98 Å². The predicted molar refractivity (Wildman–Crippen MR) is 79.3 cm³/mol. The molecule has 2 aromatic rings. The van der Waals surface area contributed by atoms with Crippen LogP contribution in [0, 0.1) is 0 Å². The van der Waals surface area contributed by atoms with Crippen molar-refractivity contribution in [3.05, 3.63) is 54.9 Å². The van der Waals surface area contributed by atoms with Crippen molar-refractivity contribution >= 4 is 23.4 Å². The summed E-state index contributed by atoms with van der Waals surface area (Å²) in [5.74, 6) is 1.01. The molecule has 0 aliphatic rings. The van der Waals surface area contributed by atoms with Gasteiger partial charge in [0.05, 0.1) is 0 Å². The number of rotatable bonds is 6. The van der Waals surface area contributed by atoms with Crippen LogP contribution in [-0.4, -0.2) is 16.6 Å². The van der Waals surface area contributed by atoms with Crippen LogP contribution >= 0.6 is 11.8 Å². The second-order valence-corrected chi connectivity index (χ2v) is 5.22. The lowest BCUT2D eigenvalue weighted by molar-refractivity contribution is -0.116. The maximum Gasteiger partial charge on any atom is 0.224 e. The molecule has 4 heteroatoms. The zero-order chi connectivity index (χ0) is 13.3. The van der Waals surface area contributed by atoms with Gasteiger partial charge in [0, 0.05) is 29.4 Å². The first-order valence-electron chi connectivity index (χ1n) is 6.22. The monoisotopic (exact) mass is 272 g/mol. The third-order valence-corrected chi connectivity index (χ3v) is 3.62. The van der Waals surface area contributed by atoms with E-state index >= 15 is 0 Å². The van der Waals surface area contributed by atoms with Crippen molar-refractivity contribution in [2.45, 2.75) is 17.7 Å². The van der Waals surface area contributed by atoms with Crippen molar-refractivity contribution in [1.29, 1.82) is 0 Å². The van der Waals surface area contributed by atoms with Crippen LogP contribution in [0.2, 0.25) is 0 Å². The Hall–Kier alpha value is -1.81. The maximum absolute atomic E-state index is 11.7. The summed E-state index contributed by atoms with van der Waals surface area (Å²) in [5, 5.41) is 2.85. The van der Waals surface area contributed by atoms with Gasteiger partial charge in [-0.1, -0.05) is 18.2 Å². The Labute approximate surface area is 117 Å². The third kappa shape index (κ3) is 5.14. The van der Waals surface area contributed by atoms with E-state index in [1.807, 2.05) is 18.2 Å². The number of pyridine rings is 1. The number of amides is 1. The van der Waals surface area contributed by atoms with Gasteiger partial charge < -0.3 is 5.32 Å². The van der Waals surface area contributed by atoms with Gasteiger partial charge in [-0.05, 0) is 36.4 Å². The Bertz CT molecular complexity index is 502. The van der Waals surface area contributed by atoms with E-state index in [2.05, 4.69) is 22.4 Å². The number of nitrogens with one attached hydrogen (secondary N) is 1. The lowest BCUT2D eigenvalue weighted by atomic mass is 10.3. The smallest absolute Gasteiger partial charge is 0.224 e. The molecule has 1 N–H and O–H groups in total. The quantitative estimate of drug-likeness (QED) is 0.645. The lowest BCUT2D eigenvalue weighted by Gasteiger charge is -2.04. The second-order valence-electron chi connectivity index (χ2n) is 4.05. The highest BCUT2D eigenvalue weighted by atomic mass is 32.2. The van der Waals surface area contributed by atoms with E-state index in [1.54, 1.807) is 36.3 Å². The molecule has 0 unspecified atom stereocenters. The lowest BCUT2D eigenvalue weighted by Crippen LogP contribution is -2.11. The standard InChI is InChI=1S/C15H16N2OS/c18-15(17-13-8-10-16-11-9-13)7-4-12-19-14-5-2-1-3-6-14/h1-3,5-6,8-11H,4,7,12H2,(H,16,17,18). The third-order valence-electron chi connectivity index (χ3n) is 2.52. The average Bonchev–Trinajstić information content (AvgIpc) is 2.46. The number of benzene rings is 1. The van der Waals surface area contributed by atoms with E-state index in [4.69, 9.17) is 0 Å². The van der Waals surface area contributed by atoms with Crippen LogP contribution in [0.25, 0.3) is 0 Å². The van der Waals surface area contributed by atoms with Gasteiger partial charge in [-0.2, -0.15) is 0 Å². The van der Waals surface area contributed by atoms with Gasteiger partial charge in [0.1, 0.15) is 0 Å². The molecule has 0 aliphatic carbocycles. The van der Waals surface area contributed by atoms with Gasteiger partial charge in [0.15, 0.2) is 0 Å². The summed E-state index contributed by atoms with van der Waals surface area (Å²) in [5.41, 5.74) is 0.802. The molecule has 0 bridgehead atoms. The van der Waals surface area contributed by atoms with Crippen molar-refractivity contribution in [3.63, 3.8) is 0 Å². The zero-order valence-electron chi connectivity index (χ0n) is 10.6. The first-order chi connectivity index (χ1) is 9.34. The molecule has 0 spiro atoms. The highest BCUT2D eigenvalue weighted by Crippen LogP contribution is 2.18. The fourth-order valence-corrected chi connectivity index (χ4v) is 2.47. The van der Waals surface area contributed by atoms with E-state index in [-0.39, 0.29) is 5.91 Å². The SMILES string of the molecule is O=C(CCCSc1ccccc1)Nc1ccncc1. The molecule has 0 aliphatic heterocycles. The molecule has 0 atom stereocenters. The van der Waals surface area contributed by atoms with Crippen LogP contribution < -0.4 is 5.32 Å². The number of nitrogens with zero attached hydrogens (tertiary/aromatic N) is 1. The number of carbonyl (C=O) groups is 1. The molecule has 0 radical (unpaired) electrons. The van der Waals surface area contributed by atoms with Crippen molar-refractivity contribution in [3.8, 4) is 0 Å². The van der Waals surface area contributed by atoms with E-state index in [0.29, 0.717) is 6.42 Å². The molecule has 3 nitrogen and oxygen atoms in total. The molecule has 98 valence electrons. The van der Waals surface area contributed by atoms with E-state index in [9.17, 15) is 4.79 Å². The van der Waals surface area contributed by atoms with Crippen molar-refractivity contribution in [2.75, 3.05) is 11.1 Å². The molecular weight excluding hydrogens is 256 g/mol. The molecule has 1 amide bonds. The Morgan fingerprint density at radius 1 is 1.11 bits per heavy atom. The minimum atomic E-state index is 0.0554. The number of aromatic nitrogens is 1. The van der Waals surface area contributed by atoms with E-state index < -0.39 is 0 Å². The summed E-state index contributed by atoms with van der Waals surface area (Å²) in [6.07, 6.45) is 4.75. The Morgan fingerprint density at radius 2 is 1.84 bits per heavy atom. The van der Waals surface area contributed by atoms with Crippen LogP contribution in [0.1, 0.15) is 12.8 Å². The summed E-state index contributed by atoms with van der Waals surface area (Å²) >= 11 is 1.78. The average molecular weight is 272 g/mol. The molecule has 0 saturated heterocycles. The summed E-state index contributed by atoms with van der Waals surface area (Å²) in [7, 11) is 0. The number of hydrogen-bond acceptors (Lipinski definition) is 3. The van der Waals surface area contributed by atoms with Crippen LogP contribution in [-0.2, 0) is 4.79 Å². The Morgan fingerprint density at radius 3 is 2.58 bits per heavy atom. The Kier molecular flexibility index (Phi) is 5.44. The number of hydrogen-bond donors (Lipinski definition) is 1. The first kappa shape index (κ1) is 13.6. The zero-order valence-corrected chi connectivity index (χ0v) is 11.4. The predicted octanol–water partition coefficient (Wildman–Crippen LogP) is 3.59. The van der Waals surface area contributed by atoms with Crippen LogP contribution in [0.15, 0.2) is 59.8 Å². The first-order valence-corrected chi connectivity index (χ1v) is 7.21. The maximum atomic E-state index is 11.7. The Balaban J connectivity index is 1.65. The fraction of sp³-hybridized carbons (Fsp3) is 0.200. The molecular formula is C15H16N2OS. The molecule has 2 rings (SSSR count). The van der Waals surface area contributed by atoms with Crippen molar-refractivity contribution < 1.29 is 4.79 Å². The van der Waals surface area contributed by atoms with Crippen LogP contribution in [0.4, 0.5) is 5.69 Å². The summed E-state index contributed by atoms with van der Waals surface area (Å²) in [6.45, 7) is 0. The molecule has 1 aromatic heterocycles. The van der Waals surface area contributed by atoms with Gasteiger partial charge in [0.25, 0.3) is 0 Å². The topological polar surface area (TPSA) is 42.0 Å². The highest BCUT2D eigenvalue weighted by molar-refractivity contribution is 7.99. The summed E-state index contributed by atoms with van der Waals surface area (Å²) < 4.78 is 0. The fourth-order valence-electron chi connectivity index (χ4n) is 1.60. The molecule has 0 saturated carbocycles. The van der Waals surface area contributed by atoms with E-state index in [0.717, 1.165) is 17.9 Å². The summed E-state index contributed by atoms with van der Waals surface area (Å²) in [6, 6.07) is 13.8. The molecule has 1 aromatic carbocycles. The van der Waals surface area contributed by atoms with Gasteiger partial charge in [0.2, 0.25) is 5.91 Å². The number of anilines is 1. The van der Waals surface area contributed by atoms with Crippen LogP contribution in [0.5, 0.6) is 0 Å². The van der Waals surface area contributed by atoms with Crippen LogP contribution in [0.3, 0.4) is 0 Å². The summed E-state index contributed by atoms with van der Waals surface area (Å²) in [4.78, 5) is 16.8. The van der Waals surface area contributed by atoms with Crippen molar-refractivity contribution in [2.24, 2.45) is 0 Å². The largest absolute Gasteiger partial charge is 0.326 e. The van der Waals surface area contributed by atoms with Gasteiger partial charge >= 0.3 is 0 Å². The highest BCUT2D eigenvalue weighted by Gasteiger charge is 2.02. The van der Waals surface area contributed by atoms with Gasteiger partial charge in [-0.15, -0.1) is 11.8 Å². The second kappa shape index (κ2) is 7.59. The normalized spacial score (nSPS) is 10.1. The molecule has 1 heterocycles. The molecule has 19 heavy (non-hydrogen) atoms. The molecule has 0 fully saturated rings. The number of carbonyl (C=O) groups excluding carboxylic acids is 1. The minimum Gasteiger partial charge on any atom is -0.326 e. The minimum absolute atomic E-state index is 0.0554. The number of thioether (sulfide) groups is 1. The van der Waals surface area contributed by atoms with Gasteiger partial charge in [-0.3, -0.25) is 9.78 Å². The van der Waals surface area contributed by atoms with Gasteiger partial charge in [-0.25, -0.2) is 0 Å². The van der Waals surface area contributed by atoms with E-state index in [1.165, 1.54) is 4.90 Å².